The number of aryl methyl sites for hydroxylation is 1. The first kappa shape index (κ1) is 10.9. The van der Waals surface area contributed by atoms with Crippen molar-refractivity contribution in [3.05, 3.63) is 21.9 Å². The van der Waals surface area contributed by atoms with Crippen molar-refractivity contribution in [2.45, 2.75) is 13.1 Å². The van der Waals surface area contributed by atoms with Crippen LogP contribution in [0.15, 0.2) is 11.4 Å². The van der Waals surface area contributed by atoms with E-state index in [4.69, 9.17) is 10.7 Å². The van der Waals surface area contributed by atoms with Gasteiger partial charge in [0.05, 0.1) is 0 Å². The molecule has 0 aliphatic carbocycles. The van der Waals surface area contributed by atoms with Crippen LogP contribution in [0, 0.1) is 6.92 Å². The summed E-state index contributed by atoms with van der Waals surface area (Å²) in [5.41, 5.74) is 0.762. The molecular weight excluding hydrogens is 235 g/mol. The van der Waals surface area contributed by atoms with E-state index in [2.05, 4.69) is 0 Å². The first-order chi connectivity index (χ1) is 5.90. The van der Waals surface area contributed by atoms with Crippen LogP contribution in [0.3, 0.4) is 0 Å². The average molecular weight is 243 g/mol. The molecule has 0 radical (unpaired) electrons. The molecule has 0 aliphatic heterocycles. The molecule has 74 valence electrons. The summed E-state index contributed by atoms with van der Waals surface area (Å²) in [6.45, 7) is 1.74. The molecular formula is C7H8ClFO2S2. The molecule has 0 aromatic carbocycles. The van der Waals surface area contributed by atoms with Gasteiger partial charge in [-0.3, -0.25) is 0 Å². The highest BCUT2D eigenvalue weighted by molar-refractivity contribution is 8.13. The van der Waals surface area contributed by atoms with E-state index in [1.807, 2.05) is 0 Å². The van der Waals surface area contributed by atoms with Crippen LogP contribution in [-0.2, 0) is 9.05 Å². The third kappa shape index (κ3) is 3.25. The Hall–Kier alpha value is -0.130. The highest BCUT2D eigenvalue weighted by Crippen LogP contribution is 2.28. The fourth-order valence-corrected chi connectivity index (χ4v) is 2.81. The Labute approximate surface area is 84.8 Å². The Morgan fingerprint density at radius 3 is 2.69 bits per heavy atom. The van der Waals surface area contributed by atoms with E-state index in [0.717, 1.165) is 5.56 Å². The zero-order chi connectivity index (χ0) is 10.1. The topological polar surface area (TPSA) is 34.1 Å². The maximum Gasteiger partial charge on any atom is 0.235 e. The summed E-state index contributed by atoms with van der Waals surface area (Å²) in [5.74, 6) is -0.657. The quantitative estimate of drug-likeness (QED) is 0.764. The van der Waals surface area contributed by atoms with Gasteiger partial charge in [0.15, 0.2) is 0 Å². The van der Waals surface area contributed by atoms with Gasteiger partial charge in [-0.25, -0.2) is 12.8 Å². The molecule has 0 aliphatic rings. The van der Waals surface area contributed by atoms with Crippen LogP contribution in [0.2, 0.25) is 0 Å². The largest absolute Gasteiger partial charge is 0.240 e. The van der Waals surface area contributed by atoms with Crippen molar-refractivity contribution in [2.75, 3.05) is 5.75 Å². The predicted molar refractivity (Wildman–Crippen MR) is 52.5 cm³/mol. The van der Waals surface area contributed by atoms with E-state index >= 15 is 0 Å². The van der Waals surface area contributed by atoms with Crippen LogP contribution >= 0.6 is 22.0 Å². The van der Waals surface area contributed by atoms with E-state index in [0.29, 0.717) is 4.88 Å². The Morgan fingerprint density at radius 1 is 1.69 bits per heavy atom. The maximum absolute atomic E-state index is 13.3. The van der Waals surface area contributed by atoms with E-state index in [1.54, 1.807) is 18.4 Å². The summed E-state index contributed by atoms with van der Waals surface area (Å²) in [6, 6.07) is 1.74. The SMILES string of the molecule is Cc1ccsc1C(F)CS(=O)(=O)Cl. The van der Waals surface area contributed by atoms with Crippen LogP contribution < -0.4 is 0 Å². The highest BCUT2D eigenvalue weighted by atomic mass is 35.7. The van der Waals surface area contributed by atoms with E-state index in [-0.39, 0.29) is 0 Å². The van der Waals surface area contributed by atoms with E-state index in [9.17, 15) is 12.8 Å². The number of thiophene rings is 1. The van der Waals surface area contributed by atoms with Gasteiger partial charge < -0.3 is 0 Å². The minimum absolute atomic E-state index is 0.434. The monoisotopic (exact) mass is 242 g/mol. The summed E-state index contributed by atoms with van der Waals surface area (Å²) < 4.78 is 34.4. The average Bonchev–Trinajstić information content (AvgIpc) is 2.30. The smallest absolute Gasteiger partial charge is 0.235 e. The van der Waals surface area contributed by atoms with Crippen LogP contribution in [0.1, 0.15) is 16.6 Å². The third-order valence-corrected chi connectivity index (χ3v) is 3.70. The number of hydrogen-bond acceptors (Lipinski definition) is 3. The second-order valence-corrected chi connectivity index (χ2v) is 6.41. The van der Waals surface area contributed by atoms with Crippen molar-refractivity contribution < 1.29 is 12.8 Å². The molecule has 0 fully saturated rings. The zero-order valence-electron chi connectivity index (χ0n) is 6.83. The third-order valence-electron chi connectivity index (χ3n) is 1.53. The summed E-state index contributed by atoms with van der Waals surface area (Å²) >= 11 is 1.20. The van der Waals surface area contributed by atoms with Crippen molar-refractivity contribution in [1.82, 2.24) is 0 Å². The molecule has 1 unspecified atom stereocenters. The van der Waals surface area contributed by atoms with Gasteiger partial charge in [0.25, 0.3) is 0 Å². The minimum atomic E-state index is -3.76. The second kappa shape index (κ2) is 3.94. The number of hydrogen-bond donors (Lipinski definition) is 0. The van der Waals surface area contributed by atoms with Gasteiger partial charge in [0, 0.05) is 15.6 Å². The van der Waals surface area contributed by atoms with Crippen molar-refractivity contribution in [1.29, 1.82) is 0 Å². The number of halogens is 2. The summed E-state index contributed by atoms with van der Waals surface area (Å²) in [7, 11) is 1.17. The normalized spacial score (nSPS) is 14.4. The van der Waals surface area contributed by atoms with E-state index < -0.39 is 21.0 Å². The van der Waals surface area contributed by atoms with E-state index in [1.165, 1.54) is 11.3 Å². The van der Waals surface area contributed by atoms with Crippen molar-refractivity contribution >= 4 is 31.1 Å². The molecule has 13 heavy (non-hydrogen) atoms. The fraction of sp³-hybridized carbons (Fsp3) is 0.429. The Morgan fingerprint density at radius 2 is 2.31 bits per heavy atom. The molecule has 1 aromatic heterocycles. The molecule has 1 atom stereocenters. The zero-order valence-corrected chi connectivity index (χ0v) is 9.22. The molecule has 1 rings (SSSR count). The van der Waals surface area contributed by atoms with Gasteiger partial charge >= 0.3 is 0 Å². The van der Waals surface area contributed by atoms with Crippen LogP contribution in [0.5, 0.6) is 0 Å². The minimum Gasteiger partial charge on any atom is -0.240 e. The molecule has 1 heterocycles. The highest BCUT2D eigenvalue weighted by Gasteiger charge is 2.20. The first-order valence-corrected chi connectivity index (χ1v) is 6.86. The molecule has 0 N–H and O–H groups in total. The van der Waals surface area contributed by atoms with Crippen molar-refractivity contribution in [3.63, 3.8) is 0 Å². The lowest BCUT2D eigenvalue weighted by Crippen LogP contribution is -2.05. The second-order valence-electron chi connectivity index (χ2n) is 2.64. The van der Waals surface area contributed by atoms with Gasteiger partial charge in [-0.05, 0) is 23.9 Å². The number of alkyl halides is 1. The van der Waals surface area contributed by atoms with Crippen LogP contribution in [-0.4, -0.2) is 14.2 Å². The first-order valence-electron chi connectivity index (χ1n) is 3.50. The lowest BCUT2D eigenvalue weighted by atomic mass is 10.2. The molecule has 1 aromatic rings. The van der Waals surface area contributed by atoms with Gasteiger partial charge in [-0.1, -0.05) is 0 Å². The Kier molecular flexibility index (Phi) is 3.32. The lowest BCUT2D eigenvalue weighted by Gasteiger charge is -2.03. The standard InChI is InChI=1S/C7H8ClFO2S2/c1-5-2-3-12-7(5)6(9)4-13(8,10)11/h2-3,6H,4H2,1H3. The predicted octanol–water partition coefficient (Wildman–Crippen LogP) is 2.64. The van der Waals surface area contributed by atoms with Crippen LogP contribution in [0.4, 0.5) is 4.39 Å². The molecule has 0 saturated heterocycles. The fourth-order valence-electron chi connectivity index (χ4n) is 0.956. The Bertz CT molecular complexity index is 385. The van der Waals surface area contributed by atoms with Crippen molar-refractivity contribution in [3.8, 4) is 0 Å². The van der Waals surface area contributed by atoms with Crippen LogP contribution in [0.25, 0.3) is 0 Å². The molecule has 2 nitrogen and oxygen atoms in total. The summed E-state index contributed by atoms with van der Waals surface area (Å²) in [6.07, 6.45) is -1.51. The van der Waals surface area contributed by atoms with Gasteiger partial charge in [0.2, 0.25) is 9.05 Å². The van der Waals surface area contributed by atoms with Gasteiger partial charge in [-0.2, -0.15) is 0 Å². The molecule has 0 amide bonds. The van der Waals surface area contributed by atoms with Gasteiger partial charge in [0.1, 0.15) is 11.9 Å². The molecule has 6 heteroatoms. The van der Waals surface area contributed by atoms with Gasteiger partial charge in [-0.15, -0.1) is 11.3 Å². The molecule has 0 spiro atoms. The summed E-state index contributed by atoms with van der Waals surface area (Å²) in [4.78, 5) is 0.434. The van der Waals surface area contributed by atoms with Crippen molar-refractivity contribution in [2.24, 2.45) is 0 Å². The molecule has 0 bridgehead atoms. The Balaban J connectivity index is 2.81. The lowest BCUT2D eigenvalue weighted by molar-refractivity contribution is 0.380. The number of rotatable bonds is 3. The maximum atomic E-state index is 13.3. The molecule has 0 saturated carbocycles. The summed E-state index contributed by atoms with van der Waals surface area (Å²) in [5, 5.41) is 1.72.